The molecular formula is C10H12F3N3. The number of aromatic nitrogens is 1. The Kier molecular flexibility index (Phi) is 3.00. The van der Waals surface area contributed by atoms with Crippen LogP contribution in [0.1, 0.15) is 5.56 Å². The van der Waals surface area contributed by atoms with Gasteiger partial charge in [0, 0.05) is 32.4 Å². The molecule has 3 nitrogen and oxygen atoms in total. The van der Waals surface area contributed by atoms with E-state index in [4.69, 9.17) is 0 Å². The quantitative estimate of drug-likeness (QED) is 0.794. The highest BCUT2D eigenvalue weighted by molar-refractivity contribution is 5.53. The molecular weight excluding hydrogens is 219 g/mol. The molecule has 0 amide bonds. The summed E-state index contributed by atoms with van der Waals surface area (Å²) in [5.41, 5.74) is -0.430. The molecule has 0 bridgehead atoms. The highest BCUT2D eigenvalue weighted by atomic mass is 19.4. The van der Waals surface area contributed by atoms with Crippen LogP contribution in [0.4, 0.5) is 18.9 Å². The molecule has 6 heteroatoms. The summed E-state index contributed by atoms with van der Waals surface area (Å²) >= 11 is 0. The highest BCUT2D eigenvalue weighted by Gasteiger charge is 2.35. The molecule has 1 saturated heterocycles. The Labute approximate surface area is 91.3 Å². The van der Waals surface area contributed by atoms with Crippen molar-refractivity contribution in [2.45, 2.75) is 6.18 Å². The number of pyridine rings is 1. The van der Waals surface area contributed by atoms with E-state index in [9.17, 15) is 13.2 Å². The van der Waals surface area contributed by atoms with Gasteiger partial charge in [0.2, 0.25) is 0 Å². The summed E-state index contributed by atoms with van der Waals surface area (Å²) in [5.74, 6) is 0. The average Bonchev–Trinajstić information content (AvgIpc) is 2.29. The maximum atomic E-state index is 12.7. The molecule has 0 radical (unpaired) electrons. The standard InChI is InChI=1S/C10H12F3N3/c11-10(12,13)8-1-2-15-7-9(8)16-5-3-14-4-6-16/h1-2,7,14H,3-6H2. The normalized spacial score (nSPS) is 17.6. The first-order valence-electron chi connectivity index (χ1n) is 5.06. The molecule has 0 aromatic carbocycles. The molecule has 0 atom stereocenters. The van der Waals surface area contributed by atoms with Crippen molar-refractivity contribution >= 4 is 5.69 Å². The minimum Gasteiger partial charge on any atom is -0.367 e. The molecule has 0 saturated carbocycles. The van der Waals surface area contributed by atoms with E-state index in [0.29, 0.717) is 26.2 Å². The fourth-order valence-corrected chi connectivity index (χ4v) is 1.78. The van der Waals surface area contributed by atoms with E-state index < -0.39 is 11.7 Å². The largest absolute Gasteiger partial charge is 0.418 e. The second-order valence-corrected chi connectivity index (χ2v) is 3.63. The maximum absolute atomic E-state index is 12.7. The van der Waals surface area contributed by atoms with E-state index in [1.165, 1.54) is 12.4 Å². The van der Waals surface area contributed by atoms with Crippen LogP contribution in [0.2, 0.25) is 0 Å². The van der Waals surface area contributed by atoms with Gasteiger partial charge in [-0.1, -0.05) is 0 Å². The SMILES string of the molecule is FC(F)(F)c1ccncc1N1CCNCC1. The lowest BCUT2D eigenvalue weighted by Crippen LogP contribution is -2.44. The molecule has 16 heavy (non-hydrogen) atoms. The van der Waals surface area contributed by atoms with Gasteiger partial charge in [-0.15, -0.1) is 0 Å². The summed E-state index contributed by atoms with van der Waals surface area (Å²) in [5, 5.41) is 3.10. The summed E-state index contributed by atoms with van der Waals surface area (Å²) in [6, 6.07) is 1.03. The van der Waals surface area contributed by atoms with Crippen molar-refractivity contribution in [3.8, 4) is 0 Å². The van der Waals surface area contributed by atoms with Gasteiger partial charge in [-0.05, 0) is 6.07 Å². The number of hydrogen-bond donors (Lipinski definition) is 1. The van der Waals surface area contributed by atoms with Crippen molar-refractivity contribution < 1.29 is 13.2 Å². The van der Waals surface area contributed by atoms with E-state index in [-0.39, 0.29) is 5.69 Å². The zero-order chi connectivity index (χ0) is 11.6. The third-order valence-electron chi connectivity index (χ3n) is 2.56. The van der Waals surface area contributed by atoms with Crippen molar-refractivity contribution in [3.63, 3.8) is 0 Å². The summed E-state index contributed by atoms with van der Waals surface area (Å²) < 4.78 is 38.2. The molecule has 88 valence electrons. The Morgan fingerprint density at radius 1 is 1.25 bits per heavy atom. The van der Waals surface area contributed by atoms with E-state index in [1.54, 1.807) is 4.90 Å². The Hall–Kier alpha value is -1.30. The first-order valence-corrected chi connectivity index (χ1v) is 5.06. The van der Waals surface area contributed by atoms with Crippen molar-refractivity contribution in [1.82, 2.24) is 10.3 Å². The number of alkyl halides is 3. The first kappa shape index (κ1) is 11.2. The van der Waals surface area contributed by atoms with E-state index in [2.05, 4.69) is 10.3 Å². The summed E-state index contributed by atoms with van der Waals surface area (Å²) in [7, 11) is 0. The van der Waals surface area contributed by atoms with E-state index in [1.807, 2.05) is 0 Å². The fourth-order valence-electron chi connectivity index (χ4n) is 1.78. The molecule has 0 unspecified atom stereocenters. The number of nitrogens with one attached hydrogen (secondary N) is 1. The number of nitrogens with zero attached hydrogens (tertiary/aromatic N) is 2. The van der Waals surface area contributed by atoms with Crippen LogP contribution in [0.15, 0.2) is 18.5 Å². The van der Waals surface area contributed by atoms with Gasteiger partial charge in [0.1, 0.15) is 0 Å². The number of anilines is 1. The summed E-state index contributed by atoms with van der Waals surface area (Å²) in [4.78, 5) is 5.49. The monoisotopic (exact) mass is 231 g/mol. The Morgan fingerprint density at radius 3 is 2.56 bits per heavy atom. The topological polar surface area (TPSA) is 28.2 Å². The third kappa shape index (κ3) is 2.27. The third-order valence-corrected chi connectivity index (χ3v) is 2.56. The Bertz CT molecular complexity index is 359. The van der Waals surface area contributed by atoms with Crippen LogP contribution in [-0.2, 0) is 6.18 Å². The minimum atomic E-state index is -4.32. The lowest BCUT2D eigenvalue weighted by Gasteiger charge is -2.31. The number of halogens is 3. The van der Waals surface area contributed by atoms with Gasteiger partial charge in [0.15, 0.2) is 0 Å². The molecule has 1 aliphatic heterocycles. The first-order chi connectivity index (χ1) is 7.59. The van der Waals surface area contributed by atoms with Gasteiger partial charge >= 0.3 is 6.18 Å². The highest BCUT2D eigenvalue weighted by Crippen LogP contribution is 2.35. The van der Waals surface area contributed by atoms with Gasteiger partial charge < -0.3 is 10.2 Å². The van der Waals surface area contributed by atoms with Crippen molar-refractivity contribution in [1.29, 1.82) is 0 Å². The second kappa shape index (κ2) is 4.29. The van der Waals surface area contributed by atoms with Crippen LogP contribution in [-0.4, -0.2) is 31.2 Å². The predicted octanol–water partition coefficient (Wildman–Crippen LogP) is 1.51. The van der Waals surface area contributed by atoms with E-state index >= 15 is 0 Å². The summed E-state index contributed by atoms with van der Waals surface area (Å²) in [6.07, 6.45) is -1.86. The lowest BCUT2D eigenvalue weighted by atomic mass is 10.2. The van der Waals surface area contributed by atoms with Crippen molar-refractivity contribution in [2.24, 2.45) is 0 Å². The molecule has 0 spiro atoms. The lowest BCUT2D eigenvalue weighted by molar-refractivity contribution is -0.137. The summed E-state index contributed by atoms with van der Waals surface area (Å²) in [6.45, 7) is 2.56. The van der Waals surface area contributed by atoms with Crippen LogP contribution in [0.3, 0.4) is 0 Å². The van der Waals surface area contributed by atoms with E-state index in [0.717, 1.165) is 6.07 Å². The van der Waals surface area contributed by atoms with Crippen LogP contribution >= 0.6 is 0 Å². The number of piperazine rings is 1. The van der Waals surface area contributed by atoms with Crippen molar-refractivity contribution in [2.75, 3.05) is 31.1 Å². The smallest absolute Gasteiger partial charge is 0.367 e. The molecule has 2 rings (SSSR count). The molecule has 1 fully saturated rings. The van der Waals surface area contributed by atoms with Gasteiger partial charge in [0.05, 0.1) is 17.4 Å². The van der Waals surface area contributed by atoms with Crippen LogP contribution in [0, 0.1) is 0 Å². The zero-order valence-electron chi connectivity index (χ0n) is 8.59. The van der Waals surface area contributed by atoms with Gasteiger partial charge in [-0.2, -0.15) is 13.2 Å². The van der Waals surface area contributed by atoms with Crippen LogP contribution in [0.25, 0.3) is 0 Å². The fraction of sp³-hybridized carbons (Fsp3) is 0.500. The molecule has 0 aliphatic carbocycles. The average molecular weight is 231 g/mol. The number of hydrogen-bond acceptors (Lipinski definition) is 3. The van der Waals surface area contributed by atoms with Gasteiger partial charge in [-0.25, -0.2) is 0 Å². The predicted molar refractivity (Wildman–Crippen MR) is 54.3 cm³/mol. The molecule has 1 aromatic rings. The van der Waals surface area contributed by atoms with Crippen molar-refractivity contribution in [3.05, 3.63) is 24.0 Å². The molecule has 2 heterocycles. The Balaban J connectivity index is 2.32. The minimum absolute atomic E-state index is 0.177. The number of rotatable bonds is 1. The second-order valence-electron chi connectivity index (χ2n) is 3.63. The maximum Gasteiger partial charge on any atom is 0.418 e. The van der Waals surface area contributed by atoms with Crippen LogP contribution < -0.4 is 10.2 Å². The Morgan fingerprint density at radius 2 is 1.94 bits per heavy atom. The van der Waals surface area contributed by atoms with Crippen LogP contribution in [0.5, 0.6) is 0 Å². The molecule has 1 aliphatic rings. The molecule has 1 aromatic heterocycles. The molecule has 1 N–H and O–H groups in total. The van der Waals surface area contributed by atoms with Gasteiger partial charge in [0.25, 0.3) is 0 Å². The van der Waals surface area contributed by atoms with Gasteiger partial charge in [-0.3, -0.25) is 4.98 Å². The zero-order valence-corrected chi connectivity index (χ0v) is 8.59.